The van der Waals surface area contributed by atoms with Crippen molar-refractivity contribution in [3.05, 3.63) is 48.4 Å². The first-order valence-electron chi connectivity index (χ1n) is 7.09. The predicted molar refractivity (Wildman–Crippen MR) is 85.2 cm³/mol. The Kier molecular flexibility index (Phi) is 4.48. The van der Waals surface area contributed by atoms with Crippen LogP contribution in [0, 0.1) is 0 Å². The number of carbonyl (C=O) groups is 2. The molecule has 2 aromatic rings. The summed E-state index contributed by atoms with van der Waals surface area (Å²) in [4.78, 5) is 27.0. The monoisotopic (exact) mass is 316 g/mol. The van der Waals surface area contributed by atoms with E-state index >= 15 is 0 Å². The number of hydrogen-bond acceptors (Lipinski definition) is 4. The zero-order chi connectivity index (χ0) is 15.4. The fraction of sp³-hybridized carbons (Fsp3) is 0.250. The number of thioether (sulfide) groups is 1. The molecule has 2 heterocycles. The zero-order valence-electron chi connectivity index (χ0n) is 12.0. The molecule has 0 saturated heterocycles. The summed E-state index contributed by atoms with van der Waals surface area (Å²) in [7, 11) is 0. The maximum absolute atomic E-state index is 12.4. The summed E-state index contributed by atoms with van der Waals surface area (Å²) >= 11 is 1.76. The Labute approximate surface area is 132 Å². The van der Waals surface area contributed by atoms with E-state index in [-0.39, 0.29) is 24.0 Å². The van der Waals surface area contributed by atoms with Gasteiger partial charge in [0.15, 0.2) is 5.76 Å². The van der Waals surface area contributed by atoms with Gasteiger partial charge in [0.05, 0.1) is 12.0 Å². The molecule has 1 aromatic carbocycles. The van der Waals surface area contributed by atoms with E-state index in [1.807, 2.05) is 24.3 Å². The van der Waals surface area contributed by atoms with Gasteiger partial charge in [-0.2, -0.15) is 0 Å². The molecule has 1 aliphatic heterocycles. The Morgan fingerprint density at radius 2 is 2.09 bits per heavy atom. The largest absolute Gasteiger partial charge is 0.459 e. The molecular weight excluding hydrogens is 300 g/mol. The number of furan rings is 1. The second-order valence-corrected chi connectivity index (χ2v) is 5.98. The number of para-hydroxylation sites is 1. The molecule has 1 N–H and O–H groups in total. The smallest absolute Gasteiger partial charge is 0.286 e. The first-order valence-corrected chi connectivity index (χ1v) is 8.08. The van der Waals surface area contributed by atoms with E-state index in [1.165, 1.54) is 6.26 Å². The third kappa shape index (κ3) is 3.17. The van der Waals surface area contributed by atoms with Gasteiger partial charge in [0.2, 0.25) is 5.91 Å². The van der Waals surface area contributed by atoms with Gasteiger partial charge >= 0.3 is 0 Å². The molecular formula is C16H16N2O3S. The maximum atomic E-state index is 12.4. The minimum absolute atomic E-state index is 0.0208. The van der Waals surface area contributed by atoms with Crippen molar-refractivity contribution in [3.8, 4) is 0 Å². The third-order valence-electron chi connectivity index (χ3n) is 3.40. The second-order valence-electron chi connectivity index (χ2n) is 4.84. The molecule has 0 spiro atoms. The van der Waals surface area contributed by atoms with E-state index in [4.69, 9.17) is 4.42 Å². The van der Waals surface area contributed by atoms with Gasteiger partial charge in [0.25, 0.3) is 5.91 Å². The van der Waals surface area contributed by atoms with E-state index in [1.54, 1.807) is 28.8 Å². The van der Waals surface area contributed by atoms with E-state index < -0.39 is 0 Å². The number of nitrogens with zero attached hydrogens (tertiary/aromatic N) is 1. The number of rotatable bonds is 4. The van der Waals surface area contributed by atoms with Gasteiger partial charge in [0, 0.05) is 30.2 Å². The van der Waals surface area contributed by atoms with Gasteiger partial charge in [0.1, 0.15) is 0 Å². The number of anilines is 1. The number of benzene rings is 1. The van der Waals surface area contributed by atoms with Crippen LogP contribution in [0.2, 0.25) is 0 Å². The van der Waals surface area contributed by atoms with Crippen LogP contribution in [0.1, 0.15) is 17.0 Å². The van der Waals surface area contributed by atoms with Crippen LogP contribution in [0.5, 0.6) is 0 Å². The van der Waals surface area contributed by atoms with Gasteiger partial charge in [-0.25, -0.2) is 0 Å². The number of amides is 2. The molecule has 0 unspecified atom stereocenters. The highest BCUT2D eigenvalue weighted by molar-refractivity contribution is 7.99. The van der Waals surface area contributed by atoms with Gasteiger partial charge in [-0.1, -0.05) is 12.1 Å². The molecule has 114 valence electrons. The molecule has 0 fully saturated rings. The SMILES string of the molecule is O=C(NCCC(=O)N1CCSc2ccccc21)c1ccco1. The average molecular weight is 316 g/mol. The van der Waals surface area contributed by atoms with Crippen LogP contribution in [0.15, 0.2) is 52.0 Å². The molecule has 0 atom stereocenters. The Morgan fingerprint density at radius 1 is 1.23 bits per heavy atom. The van der Waals surface area contributed by atoms with Gasteiger partial charge in [-0.15, -0.1) is 11.8 Å². The molecule has 5 nitrogen and oxygen atoms in total. The Hall–Kier alpha value is -2.21. The van der Waals surface area contributed by atoms with Crippen LogP contribution in [0.25, 0.3) is 0 Å². The van der Waals surface area contributed by atoms with Crippen molar-refractivity contribution in [1.82, 2.24) is 5.32 Å². The average Bonchev–Trinajstić information content (AvgIpc) is 3.08. The van der Waals surface area contributed by atoms with Crippen molar-refractivity contribution in [2.75, 3.05) is 23.7 Å². The molecule has 1 aliphatic rings. The van der Waals surface area contributed by atoms with Crippen molar-refractivity contribution in [2.45, 2.75) is 11.3 Å². The van der Waals surface area contributed by atoms with E-state index in [0.29, 0.717) is 13.1 Å². The van der Waals surface area contributed by atoms with Crippen molar-refractivity contribution >= 4 is 29.3 Å². The number of fused-ring (bicyclic) bond motifs is 1. The highest BCUT2D eigenvalue weighted by Gasteiger charge is 2.22. The number of nitrogens with one attached hydrogen (secondary N) is 1. The zero-order valence-corrected chi connectivity index (χ0v) is 12.8. The van der Waals surface area contributed by atoms with Crippen molar-refractivity contribution in [1.29, 1.82) is 0 Å². The van der Waals surface area contributed by atoms with Crippen LogP contribution in [-0.2, 0) is 4.79 Å². The fourth-order valence-corrected chi connectivity index (χ4v) is 3.34. The lowest BCUT2D eigenvalue weighted by Crippen LogP contribution is -2.37. The molecule has 0 aliphatic carbocycles. The molecule has 1 aromatic heterocycles. The summed E-state index contributed by atoms with van der Waals surface area (Å²) in [5.41, 5.74) is 0.959. The van der Waals surface area contributed by atoms with E-state index in [2.05, 4.69) is 5.32 Å². The van der Waals surface area contributed by atoms with Gasteiger partial charge in [-0.05, 0) is 24.3 Å². The third-order valence-corrected chi connectivity index (χ3v) is 4.44. The first-order chi connectivity index (χ1) is 10.8. The van der Waals surface area contributed by atoms with Crippen molar-refractivity contribution in [2.24, 2.45) is 0 Å². The lowest BCUT2D eigenvalue weighted by molar-refractivity contribution is -0.118. The molecule has 0 radical (unpaired) electrons. The standard InChI is InChI=1S/C16H16N2O3S/c19-15(7-8-17-16(20)13-5-3-10-21-13)18-9-11-22-14-6-2-1-4-12(14)18/h1-6,10H,7-9,11H2,(H,17,20). The summed E-state index contributed by atoms with van der Waals surface area (Å²) in [5, 5.41) is 2.69. The van der Waals surface area contributed by atoms with Crippen LogP contribution in [-0.4, -0.2) is 30.7 Å². The van der Waals surface area contributed by atoms with Gasteiger partial charge in [-0.3, -0.25) is 9.59 Å². The Bertz CT molecular complexity index is 670. The van der Waals surface area contributed by atoms with E-state index in [0.717, 1.165) is 16.3 Å². The molecule has 2 amide bonds. The number of carbonyl (C=O) groups excluding carboxylic acids is 2. The minimum Gasteiger partial charge on any atom is -0.459 e. The molecule has 0 bridgehead atoms. The maximum Gasteiger partial charge on any atom is 0.286 e. The summed E-state index contributed by atoms with van der Waals surface area (Å²) in [6.45, 7) is 0.997. The first kappa shape index (κ1) is 14.7. The topological polar surface area (TPSA) is 62.6 Å². The van der Waals surface area contributed by atoms with E-state index in [9.17, 15) is 9.59 Å². The Balaban J connectivity index is 1.56. The molecule has 3 rings (SSSR count). The van der Waals surface area contributed by atoms with Gasteiger partial charge < -0.3 is 14.6 Å². The van der Waals surface area contributed by atoms with Crippen molar-refractivity contribution in [3.63, 3.8) is 0 Å². The van der Waals surface area contributed by atoms with Crippen molar-refractivity contribution < 1.29 is 14.0 Å². The fourth-order valence-electron chi connectivity index (χ4n) is 2.34. The van der Waals surface area contributed by atoms with Crippen LogP contribution in [0.4, 0.5) is 5.69 Å². The number of hydrogen-bond donors (Lipinski definition) is 1. The molecule has 22 heavy (non-hydrogen) atoms. The second kappa shape index (κ2) is 6.70. The normalized spacial score (nSPS) is 13.5. The van der Waals surface area contributed by atoms with Crippen LogP contribution < -0.4 is 10.2 Å². The highest BCUT2D eigenvalue weighted by atomic mass is 32.2. The summed E-state index contributed by atoms with van der Waals surface area (Å²) in [6, 6.07) is 11.1. The predicted octanol–water partition coefficient (Wildman–Crippen LogP) is 2.54. The Morgan fingerprint density at radius 3 is 2.91 bits per heavy atom. The summed E-state index contributed by atoms with van der Waals surface area (Å²) in [6.07, 6.45) is 1.72. The molecule has 0 saturated carbocycles. The lowest BCUT2D eigenvalue weighted by atomic mass is 10.2. The summed E-state index contributed by atoms with van der Waals surface area (Å²) < 4.78 is 5.01. The van der Waals surface area contributed by atoms with Crippen LogP contribution in [0.3, 0.4) is 0 Å². The minimum atomic E-state index is -0.299. The van der Waals surface area contributed by atoms with Crippen LogP contribution >= 0.6 is 11.8 Å². The quantitative estimate of drug-likeness (QED) is 0.941. The summed E-state index contributed by atoms with van der Waals surface area (Å²) in [5.74, 6) is 0.869. The highest BCUT2D eigenvalue weighted by Crippen LogP contribution is 2.34. The molecule has 6 heteroatoms. The lowest BCUT2D eigenvalue weighted by Gasteiger charge is -2.29.